The number of benzene rings is 1. The molecule has 19 heavy (non-hydrogen) atoms. The van der Waals surface area contributed by atoms with E-state index in [9.17, 15) is 10.1 Å². The molecule has 0 spiro atoms. The Bertz CT molecular complexity index is 524. The highest BCUT2D eigenvalue weighted by Crippen LogP contribution is 2.25. The molecular formula is C13H16N4O2. The Hall–Kier alpha value is -2.13. The quantitative estimate of drug-likeness (QED) is 0.640. The SMILES string of the molecule is N#Cc1cc(NC2CCCCC2N)ccc1[N+](=O)[O-]. The van der Waals surface area contributed by atoms with Crippen LogP contribution in [0, 0.1) is 21.4 Å². The van der Waals surface area contributed by atoms with Crippen LogP contribution < -0.4 is 11.1 Å². The molecule has 2 unspecified atom stereocenters. The average Bonchev–Trinajstić information content (AvgIpc) is 2.41. The number of hydrogen-bond acceptors (Lipinski definition) is 5. The van der Waals surface area contributed by atoms with Crippen molar-refractivity contribution in [3.8, 4) is 6.07 Å². The predicted molar refractivity (Wildman–Crippen MR) is 71.7 cm³/mol. The normalized spacial score (nSPS) is 22.5. The Morgan fingerprint density at radius 2 is 2.16 bits per heavy atom. The van der Waals surface area contributed by atoms with Gasteiger partial charge in [-0.05, 0) is 25.0 Å². The third kappa shape index (κ3) is 3.01. The number of nitro benzene ring substituents is 1. The molecule has 1 aliphatic rings. The molecule has 0 amide bonds. The molecular weight excluding hydrogens is 244 g/mol. The average molecular weight is 260 g/mol. The Kier molecular flexibility index (Phi) is 3.97. The maximum absolute atomic E-state index is 10.7. The van der Waals surface area contributed by atoms with Gasteiger partial charge in [0.2, 0.25) is 0 Å². The molecule has 6 nitrogen and oxygen atoms in total. The number of nitrogens with zero attached hydrogens (tertiary/aromatic N) is 2. The summed E-state index contributed by atoms with van der Waals surface area (Å²) in [5.41, 5.74) is 6.66. The molecule has 0 aromatic heterocycles. The van der Waals surface area contributed by atoms with Crippen molar-refractivity contribution in [1.82, 2.24) is 0 Å². The van der Waals surface area contributed by atoms with Crippen LogP contribution in [-0.2, 0) is 0 Å². The second-order valence-corrected chi connectivity index (χ2v) is 4.80. The first kappa shape index (κ1) is 13.3. The molecule has 3 N–H and O–H groups in total. The van der Waals surface area contributed by atoms with Crippen molar-refractivity contribution in [1.29, 1.82) is 5.26 Å². The molecule has 6 heteroatoms. The summed E-state index contributed by atoms with van der Waals surface area (Å²) in [6.07, 6.45) is 4.24. The van der Waals surface area contributed by atoms with Crippen LogP contribution in [0.4, 0.5) is 11.4 Å². The van der Waals surface area contributed by atoms with Crippen molar-refractivity contribution < 1.29 is 4.92 Å². The summed E-state index contributed by atoms with van der Waals surface area (Å²) in [4.78, 5) is 10.2. The lowest BCUT2D eigenvalue weighted by atomic mass is 9.91. The van der Waals surface area contributed by atoms with Crippen molar-refractivity contribution >= 4 is 11.4 Å². The van der Waals surface area contributed by atoms with E-state index in [-0.39, 0.29) is 23.3 Å². The molecule has 0 saturated heterocycles. The molecule has 0 aliphatic heterocycles. The van der Waals surface area contributed by atoms with Crippen molar-refractivity contribution in [3.05, 3.63) is 33.9 Å². The van der Waals surface area contributed by atoms with Gasteiger partial charge in [0.25, 0.3) is 5.69 Å². The number of nitrogens with one attached hydrogen (secondary N) is 1. The number of anilines is 1. The summed E-state index contributed by atoms with van der Waals surface area (Å²) >= 11 is 0. The van der Waals surface area contributed by atoms with Gasteiger partial charge in [-0.1, -0.05) is 12.8 Å². The van der Waals surface area contributed by atoms with E-state index in [0.717, 1.165) is 25.7 Å². The lowest BCUT2D eigenvalue weighted by Gasteiger charge is -2.30. The largest absolute Gasteiger partial charge is 0.381 e. The first-order chi connectivity index (χ1) is 9.11. The second-order valence-electron chi connectivity index (χ2n) is 4.80. The van der Waals surface area contributed by atoms with E-state index in [1.165, 1.54) is 12.1 Å². The predicted octanol–water partition coefficient (Wildman–Crippen LogP) is 2.15. The van der Waals surface area contributed by atoms with Crippen molar-refractivity contribution in [2.45, 2.75) is 37.8 Å². The van der Waals surface area contributed by atoms with E-state index in [1.54, 1.807) is 6.07 Å². The van der Waals surface area contributed by atoms with Crippen LogP contribution in [0.15, 0.2) is 18.2 Å². The lowest BCUT2D eigenvalue weighted by molar-refractivity contribution is -0.385. The highest BCUT2D eigenvalue weighted by Gasteiger charge is 2.22. The molecule has 2 atom stereocenters. The fraction of sp³-hybridized carbons (Fsp3) is 0.462. The van der Waals surface area contributed by atoms with Gasteiger partial charge in [0.15, 0.2) is 0 Å². The maximum Gasteiger partial charge on any atom is 0.287 e. The van der Waals surface area contributed by atoms with E-state index in [2.05, 4.69) is 5.32 Å². The topological polar surface area (TPSA) is 105 Å². The maximum atomic E-state index is 10.7. The Balaban J connectivity index is 2.17. The van der Waals surface area contributed by atoms with Crippen molar-refractivity contribution in [3.63, 3.8) is 0 Å². The molecule has 1 aromatic carbocycles. The number of hydrogen-bond donors (Lipinski definition) is 2. The molecule has 0 heterocycles. The minimum absolute atomic E-state index is 0.0689. The van der Waals surface area contributed by atoms with E-state index in [0.29, 0.717) is 5.69 Å². The summed E-state index contributed by atoms with van der Waals surface area (Å²) in [6.45, 7) is 0. The fourth-order valence-corrected chi connectivity index (χ4v) is 2.43. The molecule has 100 valence electrons. The van der Waals surface area contributed by atoms with Gasteiger partial charge in [-0.25, -0.2) is 0 Å². The van der Waals surface area contributed by atoms with Crippen molar-refractivity contribution in [2.24, 2.45) is 5.73 Å². The summed E-state index contributed by atoms with van der Waals surface area (Å²) in [5.74, 6) is 0. The number of rotatable bonds is 3. The Morgan fingerprint density at radius 1 is 1.42 bits per heavy atom. The monoisotopic (exact) mass is 260 g/mol. The third-order valence-electron chi connectivity index (χ3n) is 3.49. The van der Waals surface area contributed by atoms with Gasteiger partial charge in [0, 0.05) is 23.8 Å². The van der Waals surface area contributed by atoms with Gasteiger partial charge in [-0.2, -0.15) is 5.26 Å². The number of nitrogens with two attached hydrogens (primary N) is 1. The Labute approximate surface area is 111 Å². The molecule has 1 fully saturated rings. The minimum Gasteiger partial charge on any atom is -0.381 e. The minimum atomic E-state index is -0.547. The number of nitro groups is 1. The lowest BCUT2D eigenvalue weighted by Crippen LogP contribution is -2.42. The van der Waals surface area contributed by atoms with Crippen LogP contribution in [0.5, 0.6) is 0 Å². The van der Waals surface area contributed by atoms with Crippen LogP contribution in [0.3, 0.4) is 0 Å². The third-order valence-corrected chi connectivity index (χ3v) is 3.49. The summed E-state index contributed by atoms with van der Waals surface area (Å²) in [6, 6.07) is 6.61. The van der Waals surface area contributed by atoms with Gasteiger partial charge >= 0.3 is 0 Å². The smallest absolute Gasteiger partial charge is 0.287 e. The van der Waals surface area contributed by atoms with Crippen LogP contribution in [-0.4, -0.2) is 17.0 Å². The highest BCUT2D eigenvalue weighted by molar-refractivity contribution is 5.59. The van der Waals surface area contributed by atoms with Crippen LogP contribution in [0.1, 0.15) is 31.2 Å². The summed E-state index contributed by atoms with van der Waals surface area (Å²) in [7, 11) is 0. The standard InChI is InChI=1S/C13H16N4O2/c14-8-9-7-10(5-6-13(9)17(18)19)16-12-4-2-1-3-11(12)15/h5-7,11-12,16H,1-4,15H2. The van der Waals surface area contributed by atoms with Crippen LogP contribution >= 0.6 is 0 Å². The van der Waals surface area contributed by atoms with Crippen LogP contribution in [0.25, 0.3) is 0 Å². The molecule has 1 aliphatic carbocycles. The zero-order chi connectivity index (χ0) is 13.8. The van der Waals surface area contributed by atoms with E-state index in [1.807, 2.05) is 6.07 Å². The van der Waals surface area contributed by atoms with Gasteiger partial charge in [-0.15, -0.1) is 0 Å². The molecule has 0 radical (unpaired) electrons. The van der Waals surface area contributed by atoms with Gasteiger partial charge in [0.05, 0.1) is 4.92 Å². The van der Waals surface area contributed by atoms with E-state index >= 15 is 0 Å². The first-order valence-corrected chi connectivity index (χ1v) is 6.32. The second kappa shape index (κ2) is 5.67. The van der Waals surface area contributed by atoms with Crippen molar-refractivity contribution in [2.75, 3.05) is 5.32 Å². The first-order valence-electron chi connectivity index (χ1n) is 6.32. The fourth-order valence-electron chi connectivity index (χ4n) is 2.43. The Morgan fingerprint density at radius 3 is 2.79 bits per heavy atom. The van der Waals surface area contributed by atoms with E-state index < -0.39 is 4.92 Å². The molecule has 1 aromatic rings. The van der Waals surface area contributed by atoms with Gasteiger partial charge in [-0.3, -0.25) is 10.1 Å². The summed E-state index contributed by atoms with van der Waals surface area (Å²) in [5, 5.41) is 23.0. The van der Waals surface area contributed by atoms with Gasteiger partial charge < -0.3 is 11.1 Å². The van der Waals surface area contributed by atoms with E-state index in [4.69, 9.17) is 11.0 Å². The molecule has 2 rings (SSSR count). The molecule has 0 bridgehead atoms. The summed E-state index contributed by atoms with van der Waals surface area (Å²) < 4.78 is 0. The highest BCUT2D eigenvalue weighted by atomic mass is 16.6. The molecule has 1 saturated carbocycles. The number of nitriles is 1. The van der Waals surface area contributed by atoms with Crippen LogP contribution in [0.2, 0.25) is 0 Å². The zero-order valence-electron chi connectivity index (χ0n) is 10.5. The van der Waals surface area contributed by atoms with Gasteiger partial charge in [0.1, 0.15) is 11.6 Å². The zero-order valence-corrected chi connectivity index (χ0v) is 10.5.